The molecule has 0 amide bonds. The van der Waals surface area contributed by atoms with E-state index in [1.54, 1.807) is 0 Å². The van der Waals surface area contributed by atoms with Gasteiger partial charge in [-0.3, -0.25) is 9.09 Å². The monoisotopic (exact) mass is 490 g/mol. The highest BCUT2D eigenvalue weighted by atomic mass is 31.3. The van der Waals surface area contributed by atoms with Gasteiger partial charge in [0.15, 0.2) is 11.5 Å². The molecule has 168 valence electrons. The Morgan fingerprint density at radius 2 is 1.80 bits per heavy atom. The van der Waals surface area contributed by atoms with E-state index in [0.29, 0.717) is 24.0 Å². The summed E-state index contributed by atoms with van der Waals surface area (Å²) in [6, 6.07) is 0. The molecule has 0 saturated carbocycles. The average Bonchev–Trinajstić information content (AvgIpc) is 3.15. The van der Waals surface area contributed by atoms with Gasteiger partial charge >= 0.3 is 23.5 Å². The summed E-state index contributed by atoms with van der Waals surface area (Å²) in [5.41, 5.74) is 11.9. The number of hydrogen-bond donors (Lipinski definition) is 6. The Balaban J connectivity index is 1.61. The number of nitrogens with two attached hydrogens (primary N) is 2. The summed E-state index contributed by atoms with van der Waals surface area (Å²) in [5.74, 6) is 0.0161. The summed E-state index contributed by atoms with van der Waals surface area (Å²) >= 11 is 0. The maximum absolute atomic E-state index is 11.8. The lowest BCUT2D eigenvalue weighted by Crippen LogP contribution is -2.16. The number of ether oxygens (including phenoxy) is 1. The van der Waals surface area contributed by atoms with Crippen molar-refractivity contribution in [3.05, 3.63) is 6.33 Å². The quantitative estimate of drug-likeness (QED) is 0.266. The average molecular weight is 490 g/mol. The molecule has 17 nitrogen and oxygen atoms in total. The van der Waals surface area contributed by atoms with E-state index in [2.05, 4.69) is 28.1 Å². The van der Waals surface area contributed by atoms with Crippen LogP contribution in [0.25, 0.3) is 11.2 Å². The number of aromatic nitrogens is 4. The van der Waals surface area contributed by atoms with Crippen LogP contribution >= 0.6 is 23.5 Å². The summed E-state index contributed by atoms with van der Waals surface area (Å²) in [6.45, 7) is -0.550. The number of hydrogen-bond acceptors (Lipinski definition) is 12. The number of nitrogen functional groups attached to an aromatic ring is 2. The third-order valence-corrected chi connectivity index (χ3v) is 7.50. The third kappa shape index (κ3) is 5.81. The molecule has 1 aliphatic heterocycles. The third-order valence-electron chi connectivity index (χ3n) is 3.70. The second-order valence-corrected chi connectivity index (χ2v) is 10.4. The van der Waals surface area contributed by atoms with Gasteiger partial charge in [0, 0.05) is 0 Å². The Labute approximate surface area is 167 Å². The number of imidazole rings is 1. The molecule has 3 heterocycles. The zero-order valence-corrected chi connectivity index (χ0v) is 17.5. The first kappa shape index (κ1) is 23.2. The van der Waals surface area contributed by atoms with Crippen molar-refractivity contribution in [2.75, 3.05) is 18.1 Å². The van der Waals surface area contributed by atoms with Crippen LogP contribution in [0.15, 0.2) is 6.33 Å². The molecule has 30 heavy (non-hydrogen) atoms. The van der Waals surface area contributed by atoms with Gasteiger partial charge < -0.3 is 35.8 Å². The van der Waals surface area contributed by atoms with Gasteiger partial charge in [-0.05, 0) is 12.8 Å². The number of anilines is 2. The molecule has 0 radical (unpaired) electrons. The van der Waals surface area contributed by atoms with E-state index in [1.165, 1.54) is 10.9 Å². The zero-order valence-electron chi connectivity index (χ0n) is 14.8. The largest absolute Gasteiger partial charge is 0.490 e. The molecule has 20 heteroatoms. The Bertz CT molecular complexity index is 1090. The van der Waals surface area contributed by atoms with Gasteiger partial charge in [-0.2, -0.15) is 18.6 Å². The maximum atomic E-state index is 11.8. The van der Waals surface area contributed by atoms with E-state index in [9.17, 15) is 18.6 Å². The number of rotatable bonds is 8. The van der Waals surface area contributed by atoms with Crippen molar-refractivity contribution >= 4 is 46.4 Å². The highest BCUT2D eigenvalue weighted by molar-refractivity contribution is 7.66. The molecule has 2 aromatic rings. The van der Waals surface area contributed by atoms with Crippen LogP contribution < -0.4 is 11.5 Å². The fraction of sp³-hybridized carbons (Fsp3) is 0.500. The summed E-state index contributed by atoms with van der Waals surface area (Å²) in [7, 11) is -16.3. The molecule has 8 N–H and O–H groups in total. The topological polar surface area (TPSA) is 265 Å². The summed E-state index contributed by atoms with van der Waals surface area (Å²) in [4.78, 5) is 47.5. The number of fused-ring (bicyclic) bond motifs is 1. The first-order valence-corrected chi connectivity index (χ1v) is 12.5. The molecule has 4 atom stereocenters. The molecule has 0 bridgehead atoms. The van der Waals surface area contributed by atoms with Crippen LogP contribution in [0.1, 0.15) is 19.1 Å². The van der Waals surface area contributed by atoms with Crippen molar-refractivity contribution in [1.29, 1.82) is 0 Å². The summed E-state index contributed by atoms with van der Waals surface area (Å²) in [6.07, 6.45) is 0.826. The smallest absolute Gasteiger partial charge is 0.382 e. The van der Waals surface area contributed by atoms with Crippen LogP contribution in [0.3, 0.4) is 0 Å². The van der Waals surface area contributed by atoms with E-state index in [0.717, 1.165) is 0 Å². The van der Waals surface area contributed by atoms with Crippen LogP contribution in [0.2, 0.25) is 0 Å². The molecule has 0 aliphatic carbocycles. The molecule has 2 aromatic heterocycles. The summed E-state index contributed by atoms with van der Waals surface area (Å²) < 4.78 is 52.7. The van der Waals surface area contributed by atoms with Gasteiger partial charge in [0.25, 0.3) is 0 Å². The first-order chi connectivity index (χ1) is 13.7. The van der Waals surface area contributed by atoms with Gasteiger partial charge in [0.1, 0.15) is 11.7 Å². The van der Waals surface area contributed by atoms with Gasteiger partial charge in [-0.1, -0.05) is 0 Å². The number of phosphoric ester groups is 1. The molecule has 0 spiro atoms. The van der Waals surface area contributed by atoms with Gasteiger partial charge in [-0.25, -0.2) is 18.7 Å². The number of nitrogens with zero attached hydrogens (tertiary/aromatic N) is 4. The second-order valence-electron chi connectivity index (χ2n) is 5.97. The van der Waals surface area contributed by atoms with Crippen LogP contribution in [-0.2, 0) is 31.6 Å². The lowest BCUT2D eigenvalue weighted by Gasteiger charge is -2.18. The predicted molar refractivity (Wildman–Crippen MR) is 97.1 cm³/mol. The van der Waals surface area contributed by atoms with E-state index >= 15 is 0 Å². The zero-order chi connectivity index (χ0) is 22.3. The molecule has 3 rings (SSSR count). The van der Waals surface area contributed by atoms with Crippen molar-refractivity contribution in [3.8, 4) is 0 Å². The summed E-state index contributed by atoms with van der Waals surface area (Å²) in [5, 5.41) is 0. The number of phosphoric acid groups is 3. The van der Waals surface area contributed by atoms with Crippen LogP contribution in [-0.4, -0.2) is 51.8 Å². The predicted octanol–water partition coefficient (Wildman–Crippen LogP) is 0.0116. The van der Waals surface area contributed by atoms with Crippen LogP contribution in [0.4, 0.5) is 11.8 Å². The van der Waals surface area contributed by atoms with Gasteiger partial charge in [-0.15, -0.1) is 0 Å². The lowest BCUT2D eigenvalue weighted by molar-refractivity contribution is -0.0205. The highest BCUT2D eigenvalue weighted by Gasteiger charge is 2.41. The first-order valence-electron chi connectivity index (χ1n) is 7.94. The van der Waals surface area contributed by atoms with Crippen molar-refractivity contribution in [1.82, 2.24) is 19.5 Å². The normalized spacial score (nSPS) is 24.0. The standard InChI is InChI=1S/C10H17N6O11P3/c11-8-7-9(15-10(12)14-8)16(4-13-7)6-2-1-5(25-6)3-24-29(20,21)27-30(22,23)26-28(17,18)19/h4-6H,1-3H2,(H,20,21)(H,22,23)(H2,17,18,19)(H4,11,12,14,15). The minimum atomic E-state index is -5.58. The molecule has 1 fully saturated rings. The van der Waals surface area contributed by atoms with Gasteiger partial charge in [0.05, 0.1) is 19.0 Å². The fourth-order valence-electron chi connectivity index (χ4n) is 2.66. The van der Waals surface area contributed by atoms with E-state index in [-0.39, 0.29) is 11.8 Å². The fourth-order valence-corrected chi connectivity index (χ4v) is 5.71. The Morgan fingerprint density at radius 3 is 2.47 bits per heavy atom. The van der Waals surface area contributed by atoms with E-state index in [4.69, 9.17) is 30.9 Å². The van der Waals surface area contributed by atoms with Crippen LogP contribution in [0.5, 0.6) is 0 Å². The SMILES string of the molecule is Nc1nc(N)c2ncn(C3CCC(COP(=O)(O)OP(=O)(O)OP(=O)(O)O)O3)c2n1. The van der Waals surface area contributed by atoms with Gasteiger partial charge in [0.2, 0.25) is 5.95 Å². The molecule has 0 aromatic carbocycles. The van der Waals surface area contributed by atoms with Crippen molar-refractivity contribution in [2.24, 2.45) is 0 Å². The molecule has 4 unspecified atom stereocenters. The second kappa shape index (κ2) is 8.22. The molecular formula is C10H17N6O11P3. The molecule has 1 aliphatic rings. The maximum Gasteiger partial charge on any atom is 0.490 e. The Morgan fingerprint density at radius 1 is 1.10 bits per heavy atom. The van der Waals surface area contributed by atoms with E-state index in [1.807, 2.05) is 0 Å². The van der Waals surface area contributed by atoms with Crippen molar-refractivity contribution in [2.45, 2.75) is 25.2 Å². The van der Waals surface area contributed by atoms with E-state index < -0.39 is 42.4 Å². The van der Waals surface area contributed by atoms with Crippen molar-refractivity contribution < 1.29 is 51.2 Å². The molecule has 1 saturated heterocycles. The lowest BCUT2D eigenvalue weighted by atomic mass is 10.2. The minimum absolute atomic E-state index is 0.0658. The highest BCUT2D eigenvalue weighted by Crippen LogP contribution is 2.66. The minimum Gasteiger partial charge on any atom is -0.382 e. The Hall–Kier alpha value is -1.48. The molecular weight excluding hydrogens is 473 g/mol. The van der Waals surface area contributed by atoms with Crippen LogP contribution in [0, 0.1) is 0 Å². The van der Waals surface area contributed by atoms with Crippen molar-refractivity contribution in [3.63, 3.8) is 0 Å². The Kier molecular flexibility index (Phi) is 6.35.